The van der Waals surface area contributed by atoms with Crippen LogP contribution >= 0.6 is 0 Å². The summed E-state index contributed by atoms with van der Waals surface area (Å²) in [5.41, 5.74) is 2.04. The topological polar surface area (TPSA) is 68.1 Å². The maximum atomic E-state index is 13.0. The predicted octanol–water partition coefficient (Wildman–Crippen LogP) is 1.90. The van der Waals surface area contributed by atoms with Crippen molar-refractivity contribution in [1.29, 1.82) is 0 Å². The lowest BCUT2D eigenvalue weighted by atomic mass is 9.92. The third-order valence-corrected chi connectivity index (χ3v) is 6.23. The van der Waals surface area contributed by atoms with Crippen molar-refractivity contribution in [3.63, 3.8) is 0 Å². The maximum absolute atomic E-state index is 13.0. The summed E-state index contributed by atoms with van der Waals surface area (Å²) < 4.78 is 28.9. The van der Waals surface area contributed by atoms with Gasteiger partial charge in [-0.1, -0.05) is 13.0 Å². The average molecular weight is 320 g/mol. The van der Waals surface area contributed by atoms with E-state index in [0.717, 1.165) is 30.5 Å². The van der Waals surface area contributed by atoms with E-state index >= 15 is 0 Å². The molecule has 0 spiro atoms. The smallest absolute Gasteiger partial charge is 0.259 e. The molecule has 6 nitrogen and oxygen atoms in total. The fourth-order valence-electron chi connectivity index (χ4n) is 3.16. The summed E-state index contributed by atoms with van der Waals surface area (Å²) in [5, 5.41) is 4.20. The SMILES string of the molecule is CCN([C@H]1CCCc2cccnc21)S(=O)(=O)c1ccnn1C. The molecule has 7 heteroatoms. The van der Waals surface area contributed by atoms with Gasteiger partial charge in [-0.3, -0.25) is 9.67 Å². The fourth-order valence-corrected chi connectivity index (χ4v) is 4.89. The normalized spacial score (nSPS) is 18.4. The Morgan fingerprint density at radius 2 is 2.18 bits per heavy atom. The van der Waals surface area contributed by atoms with Crippen LogP contribution in [-0.4, -0.2) is 34.0 Å². The molecule has 0 bridgehead atoms. The highest BCUT2D eigenvalue weighted by Gasteiger charge is 2.36. The molecule has 22 heavy (non-hydrogen) atoms. The van der Waals surface area contributed by atoms with Crippen LogP contribution in [0.4, 0.5) is 0 Å². The van der Waals surface area contributed by atoms with Crippen LogP contribution < -0.4 is 0 Å². The third-order valence-electron chi connectivity index (χ3n) is 4.17. The third kappa shape index (κ3) is 2.44. The zero-order chi connectivity index (χ0) is 15.7. The average Bonchev–Trinajstić information content (AvgIpc) is 2.95. The maximum Gasteiger partial charge on any atom is 0.260 e. The Bertz CT molecular complexity index is 769. The van der Waals surface area contributed by atoms with Gasteiger partial charge in [-0.15, -0.1) is 0 Å². The lowest BCUT2D eigenvalue weighted by Crippen LogP contribution is -2.37. The molecular formula is C15H20N4O2S. The molecule has 0 fully saturated rings. The molecule has 0 saturated carbocycles. The molecule has 0 aliphatic heterocycles. The van der Waals surface area contributed by atoms with Crippen molar-refractivity contribution in [3.8, 4) is 0 Å². The summed E-state index contributed by atoms with van der Waals surface area (Å²) >= 11 is 0. The van der Waals surface area contributed by atoms with E-state index in [0.29, 0.717) is 6.54 Å². The highest BCUT2D eigenvalue weighted by atomic mass is 32.2. The molecule has 1 aliphatic rings. The van der Waals surface area contributed by atoms with E-state index in [2.05, 4.69) is 10.1 Å². The molecule has 1 aliphatic carbocycles. The number of hydrogen-bond donors (Lipinski definition) is 0. The lowest BCUT2D eigenvalue weighted by molar-refractivity contribution is 0.296. The summed E-state index contributed by atoms with van der Waals surface area (Å²) in [4.78, 5) is 4.46. The van der Waals surface area contributed by atoms with E-state index in [4.69, 9.17) is 0 Å². The Kier molecular flexibility index (Phi) is 4.01. The number of aryl methyl sites for hydroxylation is 2. The standard InChI is InChI=1S/C15H20N4O2S/c1-3-19(22(20,21)14-9-11-17-18(14)2)13-8-4-6-12-7-5-10-16-15(12)13/h5,7,9-11,13H,3-4,6,8H2,1-2H3/t13-/m0/s1. The second-order valence-corrected chi connectivity index (χ2v) is 7.29. The largest absolute Gasteiger partial charge is 0.260 e. The summed E-state index contributed by atoms with van der Waals surface area (Å²) in [6.45, 7) is 2.28. The molecule has 3 rings (SSSR count). The van der Waals surface area contributed by atoms with Gasteiger partial charge in [0.1, 0.15) is 0 Å². The molecule has 0 aromatic carbocycles. The van der Waals surface area contributed by atoms with E-state index < -0.39 is 10.0 Å². The minimum atomic E-state index is -3.59. The van der Waals surface area contributed by atoms with E-state index in [1.165, 1.54) is 10.9 Å². The zero-order valence-electron chi connectivity index (χ0n) is 12.8. The van der Waals surface area contributed by atoms with Crippen molar-refractivity contribution >= 4 is 10.0 Å². The molecule has 0 N–H and O–H groups in total. The van der Waals surface area contributed by atoms with E-state index in [1.807, 2.05) is 19.1 Å². The van der Waals surface area contributed by atoms with Crippen molar-refractivity contribution in [2.75, 3.05) is 6.54 Å². The Morgan fingerprint density at radius 1 is 1.36 bits per heavy atom. The van der Waals surface area contributed by atoms with E-state index in [1.54, 1.807) is 23.6 Å². The van der Waals surface area contributed by atoms with Gasteiger partial charge in [0.05, 0.1) is 17.9 Å². The van der Waals surface area contributed by atoms with Gasteiger partial charge in [-0.05, 0) is 37.0 Å². The molecule has 118 valence electrons. The minimum Gasteiger partial charge on any atom is -0.259 e. The second-order valence-electron chi connectivity index (χ2n) is 5.46. The molecule has 0 unspecified atom stereocenters. The van der Waals surface area contributed by atoms with Gasteiger partial charge in [-0.25, -0.2) is 8.42 Å². The number of nitrogens with zero attached hydrogens (tertiary/aromatic N) is 4. The van der Waals surface area contributed by atoms with Crippen molar-refractivity contribution < 1.29 is 8.42 Å². The Labute approximate surface area is 130 Å². The molecule has 0 saturated heterocycles. The van der Waals surface area contributed by atoms with Gasteiger partial charge in [0.2, 0.25) is 0 Å². The first-order chi connectivity index (χ1) is 10.6. The predicted molar refractivity (Wildman–Crippen MR) is 82.7 cm³/mol. The minimum absolute atomic E-state index is 0.199. The van der Waals surface area contributed by atoms with Crippen LogP contribution in [0.15, 0.2) is 35.6 Å². The van der Waals surface area contributed by atoms with Crippen LogP contribution in [0, 0.1) is 0 Å². The van der Waals surface area contributed by atoms with Gasteiger partial charge in [0.25, 0.3) is 10.0 Å². The highest BCUT2D eigenvalue weighted by molar-refractivity contribution is 7.89. The lowest BCUT2D eigenvalue weighted by Gasteiger charge is -2.33. The van der Waals surface area contributed by atoms with Gasteiger partial charge >= 0.3 is 0 Å². The summed E-state index contributed by atoms with van der Waals surface area (Å²) in [5.74, 6) is 0. The number of rotatable bonds is 4. The quantitative estimate of drug-likeness (QED) is 0.863. The zero-order valence-corrected chi connectivity index (χ0v) is 13.6. The molecular weight excluding hydrogens is 300 g/mol. The first-order valence-corrected chi connectivity index (χ1v) is 8.93. The Balaban J connectivity index is 2.05. The van der Waals surface area contributed by atoms with Crippen LogP contribution in [-0.2, 0) is 23.5 Å². The molecule has 2 heterocycles. The van der Waals surface area contributed by atoms with Crippen LogP contribution in [0.25, 0.3) is 0 Å². The number of aromatic nitrogens is 3. The fraction of sp³-hybridized carbons (Fsp3) is 0.467. The molecule has 2 aromatic rings. The second kappa shape index (κ2) is 5.81. The van der Waals surface area contributed by atoms with Gasteiger partial charge in [-0.2, -0.15) is 9.40 Å². The van der Waals surface area contributed by atoms with E-state index in [-0.39, 0.29) is 11.1 Å². The van der Waals surface area contributed by atoms with Crippen molar-refractivity contribution in [2.45, 2.75) is 37.3 Å². The van der Waals surface area contributed by atoms with Crippen LogP contribution in [0.1, 0.15) is 37.1 Å². The summed E-state index contributed by atoms with van der Waals surface area (Å²) in [6.07, 6.45) is 5.98. The van der Waals surface area contributed by atoms with Crippen molar-refractivity contribution in [3.05, 3.63) is 41.9 Å². The number of sulfonamides is 1. The number of hydrogen-bond acceptors (Lipinski definition) is 4. The first-order valence-electron chi connectivity index (χ1n) is 7.49. The van der Waals surface area contributed by atoms with Crippen molar-refractivity contribution in [2.24, 2.45) is 7.05 Å². The molecule has 0 amide bonds. The Hall–Kier alpha value is -1.73. The van der Waals surface area contributed by atoms with Crippen LogP contribution in [0.2, 0.25) is 0 Å². The number of fused-ring (bicyclic) bond motifs is 1. The number of pyridine rings is 1. The van der Waals surface area contributed by atoms with Gasteiger partial charge < -0.3 is 0 Å². The molecule has 1 atom stereocenters. The monoisotopic (exact) mass is 320 g/mol. The first kappa shape index (κ1) is 15.2. The van der Waals surface area contributed by atoms with Crippen molar-refractivity contribution in [1.82, 2.24) is 19.1 Å². The van der Waals surface area contributed by atoms with E-state index in [9.17, 15) is 8.42 Å². The highest BCUT2D eigenvalue weighted by Crippen LogP contribution is 2.35. The van der Waals surface area contributed by atoms with Crippen LogP contribution in [0.5, 0.6) is 0 Å². The van der Waals surface area contributed by atoms with Gasteiger partial charge in [0, 0.05) is 19.8 Å². The Morgan fingerprint density at radius 3 is 2.86 bits per heavy atom. The van der Waals surface area contributed by atoms with Gasteiger partial charge in [0.15, 0.2) is 5.03 Å². The van der Waals surface area contributed by atoms with Crippen LogP contribution in [0.3, 0.4) is 0 Å². The summed E-state index contributed by atoms with van der Waals surface area (Å²) in [7, 11) is -1.94. The molecule has 2 aromatic heterocycles. The molecule has 0 radical (unpaired) electrons. The summed E-state index contributed by atoms with van der Waals surface area (Å²) in [6, 6.07) is 5.29.